The first-order chi connectivity index (χ1) is 14.7. The molecule has 0 radical (unpaired) electrons. The molecule has 1 spiro atoms. The SMILES string of the molecule is CCC(C1=NC=C2C=C(C#N)N=C2C1CC(C)(C)C)N1CCC2(CC1)NC(=O)NC2=O. The third-order valence-corrected chi connectivity index (χ3v) is 6.63. The minimum atomic E-state index is -0.778. The Kier molecular flexibility index (Phi) is 5.34. The molecule has 2 unspecified atom stereocenters. The van der Waals surface area contributed by atoms with Gasteiger partial charge in [0.25, 0.3) is 5.91 Å². The number of carbonyl (C=O) groups excluding carboxylic acids is 2. The Bertz CT molecular complexity index is 967. The molecule has 2 fully saturated rings. The van der Waals surface area contributed by atoms with E-state index in [1.54, 1.807) is 0 Å². The highest BCUT2D eigenvalue weighted by Gasteiger charge is 2.49. The van der Waals surface area contributed by atoms with Gasteiger partial charge in [-0.25, -0.2) is 9.79 Å². The Morgan fingerprint density at radius 1 is 1.32 bits per heavy atom. The van der Waals surface area contributed by atoms with Crippen LogP contribution < -0.4 is 10.6 Å². The summed E-state index contributed by atoms with van der Waals surface area (Å²) in [6.45, 7) is 10.2. The van der Waals surface area contributed by atoms with Crippen LogP contribution in [-0.2, 0) is 4.79 Å². The molecular formula is C23H30N6O2. The molecule has 0 aromatic carbocycles. The van der Waals surface area contributed by atoms with Crippen LogP contribution in [0.25, 0.3) is 0 Å². The van der Waals surface area contributed by atoms with E-state index in [2.05, 4.69) is 54.3 Å². The minimum Gasteiger partial charge on any atom is -0.323 e. The number of urea groups is 1. The standard InChI is InChI=1S/C23H30N6O2/c1-5-17(29-8-6-23(7-9-29)20(30)27-21(31)28-23)19-16(11-22(2,3)4)18-14(13-25-19)10-15(12-24)26-18/h10,13,16-17H,5-9,11H2,1-4H3,(H2,27,28,30,31). The van der Waals surface area contributed by atoms with Gasteiger partial charge < -0.3 is 5.32 Å². The van der Waals surface area contributed by atoms with E-state index in [1.807, 2.05) is 12.3 Å². The molecule has 8 nitrogen and oxygen atoms in total. The van der Waals surface area contributed by atoms with E-state index in [9.17, 15) is 14.9 Å². The van der Waals surface area contributed by atoms with Gasteiger partial charge in [-0.2, -0.15) is 5.26 Å². The molecular weight excluding hydrogens is 392 g/mol. The molecule has 4 heterocycles. The maximum absolute atomic E-state index is 12.3. The van der Waals surface area contributed by atoms with E-state index >= 15 is 0 Å². The molecule has 3 amide bonds. The first kappa shape index (κ1) is 21.4. The molecule has 0 aromatic rings. The second-order valence-electron chi connectivity index (χ2n) is 10.0. The van der Waals surface area contributed by atoms with Crippen molar-refractivity contribution < 1.29 is 9.59 Å². The molecule has 2 atom stereocenters. The van der Waals surface area contributed by atoms with E-state index in [-0.39, 0.29) is 23.3 Å². The first-order valence-electron chi connectivity index (χ1n) is 11.0. The fraction of sp³-hybridized carbons (Fsp3) is 0.609. The van der Waals surface area contributed by atoms with Gasteiger partial charge in [0.05, 0.1) is 5.71 Å². The molecule has 4 aliphatic rings. The van der Waals surface area contributed by atoms with Crippen molar-refractivity contribution >= 4 is 23.4 Å². The van der Waals surface area contributed by atoms with Crippen LogP contribution in [0.15, 0.2) is 33.5 Å². The van der Waals surface area contributed by atoms with Crippen molar-refractivity contribution in [3.63, 3.8) is 0 Å². The van der Waals surface area contributed by atoms with E-state index in [0.29, 0.717) is 31.6 Å². The number of allylic oxidation sites excluding steroid dienone is 3. The average Bonchev–Trinajstić information content (AvgIpc) is 3.25. The Morgan fingerprint density at radius 3 is 2.58 bits per heavy atom. The molecule has 2 saturated heterocycles. The smallest absolute Gasteiger partial charge is 0.322 e. The fourth-order valence-corrected chi connectivity index (χ4v) is 5.15. The lowest BCUT2D eigenvalue weighted by Crippen LogP contribution is -2.58. The molecule has 0 bridgehead atoms. The molecule has 0 aromatic heterocycles. The van der Waals surface area contributed by atoms with Crippen molar-refractivity contribution in [2.24, 2.45) is 21.3 Å². The summed E-state index contributed by atoms with van der Waals surface area (Å²) in [7, 11) is 0. The summed E-state index contributed by atoms with van der Waals surface area (Å²) >= 11 is 0. The number of carbonyl (C=O) groups is 2. The van der Waals surface area contributed by atoms with Gasteiger partial charge in [0, 0.05) is 42.5 Å². The molecule has 0 aliphatic carbocycles. The van der Waals surface area contributed by atoms with Crippen LogP contribution in [0.1, 0.15) is 53.4 Å². The third-order valence-electron chi connectivity index (χ3n) is 6.63. The number of nitrogens with one attached hydrogen (secondary N) is 2. The summed E-state index contributed by atoms with van der Waals surface area (Å²) in [4.78, 5) is 35.9. The predicted molar refractivity (Wildman–Crippen MR) is 119 cm³/mol. The number of nitriles is 1. The number of fused-ring (bicyclic) bond motifs is 1. The monoisotopic (exact) mass is 422 g/mol. The molecule has 4 rings (SSSR count). The number of aliphatic imine (C=N–C) groups is 2. The van der Waals surface area contributed by atoms with Gasteiger partial charge in [-0.1, -0.05) is 27.7 Å². The zero-order chi connectivity index (χ0) is 22.4. The largest absolute Gasteiger partial charge is 0.323 e. The third kappa shape index (κ3) is 3.94. The van der Waals surface area contributed by atoms with Gasteiger partial charge in [-0.15, -0.1) is 0 Å². The molecule has 31 heavy (non-hydrogen) atoms. The van der Waals surface area contributed by atoms with Crippen LogP contribution in [0.5, 0.6) is 0 Å². The number of likely N-dealkylation sites (tertiary alicyclic amines) is 1. The number of nitrogens with zero attached hydrogens (tertiary/aromatic N) is 4. The van der Waals surface area contributed by atoms with Gasteiger partial charge in [0.15, 0.2) is 0 Å². The maximum Gasteiger partial charge on any atom is 0.322 e. The number of imide groups is 1. The fourth-order valence-electron chi connectivity index (χ4n) is 5.15. The van der Waals surface area contributed by atoms with Crippen molar-refractivity contribution in [3.05, 3.63) is 23.5 Å². The van der Waals surface area contributed by atoms with Gasteiger partial charge in [0.2, 0.25) is 0 Å². The Morgan fingerprint density at radius 2 is 2.03 bits per heavy atom. The maximum atomic E-state index is 12.3. The molecule has 2 N–H and O–H groups in total. The van der Waals surface area contributed by atoms with Crippen molar-refractivity contribution in [1.82, 2.24) is 15.5 Å². The van der Waals surface area contributed by atoms with Crippen molar-refractivity contribution in [2.45, 2.75) is 65.0 Å². The number of amides is 3. The van der Waals surface area contributed by atoms with Crippen molar-refractivity contribution in [2.75, 3.05) is 13.1 Å². The van der Waals surface area contributed by atoms with Crippen LogP contribution in [0.3, 0.4) is 0 Å². The summed E-state index contributed by atoms with van der Waals surface area (Å²) in [6, 6.07) is 1.88. The van der Waals surface area contributed by atoms with Crippen LogP contribution in [0, 0.1) is 22.7 Å². The summed E-state index contributed by atoms with van der Waals surface area (Å²) in [5.74, 6) is -0.161. The number of piperidine rings is 1. The number of rotatable bonds is 4. The lowest BCUT2D eigenvalue weighted by Gasteiger charge is -2.43. The topological polar surface area (TPSA) is 110 Å². The lowest BCUT2D eigenvalue weighted by molar-refractivity contribution is -0.125. The average molecular weight is 423 g/mol. The minimum absolute atomic E-state index is 0.0532. The highest BCUT2D eigenvalue weighted by Crippen LogP contribution is 2.36. The van der Waals surface area contributed by atoms with Gasteiger partial charge in [-0.05, 0) is 37.2 Å². The lowest BCUT2D eigenvalue weighted by atomic mass is 9.75. The Hall–Kier alpha value is -2.79. The van der Waals surface area contributed by atoms with Crippen LogP contribution in [0.4, 0.5) is 4.79 Å². The van der Waals surface area contributed by atoms with E-state index < -0.39 is 11.6 Å². The summed E-state index contributed by atoms with van der Waals surface area (Å²) in [5, 5.41) is 14.6. The highest BCUT2D eigenvalue weighted by molar-refractivity contribution is 6.21. The normalized spacial score (nSPS) is 26.2. The number of hydrogen-bond acceptors (Lipinski definition) is 6. The Balaban J connectivity index is 1.58. The highest BCUT2D eigenvalue weighted by atomic mass is 16.2. The van der Waals surface area contributed by atoms with E-state index in [1.165, 1.54) is 0 Å². The molecule has 0 saturated carbocycles. The van der Waals surface area contributed by atoms with E-state index in [0.717, 1.165) is 29.8 Å². The summed E-state index contributed by atoms with van der Waals surface area (Å²) < 4.78 is 0. The van der Waals surface area contributed by atoms with Crippen LogP contribution >= 0.6 is 0 Å². The number of hydrogen-bond donors (Lipinski definition) is 2. The Labute approximate surface area is 183 Å². The molecule has 164 valence electrons. The van der Waals surface area contributed by atoms with Gasteiger partial charge in [-0.3, -0.25) is 20.0 Å². The van der Waals surface area contributed by atoms with E-state index in [4.69, 9.17) is 4.99 Å². The predicted octanol–water partition coefficient (Wildman–Crippen LogP) is 2.69. The van der Waals surface area contributed by atoms with Crippen molar-refractivity contribution in [3.8, 4) is 6.07 Å². The molecule has 8 heteroatoms. The first-order valence-corrected chi connectivity index (χ1v) is 11.0. The zero-order valence-corrected chi connectivity index (χ0v) is 18.7. The second kappa shape index (κ2) is 7.72. The van der Waals surface area contributed by atoms with Gasteiger partial charge in [0.1, 0.15) is 17.3 Å². The van der Waals surface area contributed by atoms with Gasteiger partial charge >= 0.3 is 6.03 Å². The quantitative estimate of drug-likeness (QED) is 0.679. The molecule has 4 aliphatic heterocycles. The van der Waals surface area contributed by atoms with Crippen LogP contribution in [-0.4, -0.2) is 52.9 Å². The van der Waals surface area contributed by atoms with Crippen LogP contribution in [0.2, 0.25) is 0 Å². The summed E-state index contributed by atoms with van der Waals surface area (Å²) in [5.41, 5.74) is 2.70. The second-order valence-corrected chi connectivity index (χ2v) is 10.0. The van der Waals surface area contributed by atoms with Crippen molar-refractivity contribution in [1.29, 1.82) is 5.26 Å². The zero-order valence-electron chi connectivity index (χ0n) is 18.7. The summed E-state index contributed by atoms with van der Waals surface area (Å²) in [6.07, 6.45) is 6.61.